The Morgan fingerprint density at radius 3 is 2.77 bits per heavy atom. The smallest absolute Gasteiger partial charge is 0.235 e. The summed E-state index contributed by atoms with van der Waals surface area (Å²) in [5.41, 5.74) is 2.52. The first-order valence-electron chi connectivity index (χ1n) is 3.98. The minimum Gasteiger partial charge on any atom is -0.507 e. The van der Waals surface area contributed by atoms with E-state index in [2.05, 4.69) is 4.99 Å². The molecule has 0 saturated heterocycles. The van der Waals surface area contributed by atoms with Crippen LogP contribution in [0.5, 0.6) is 5.75 Å². The zero-order valence-corrected chi connectivity index (χ0v) is 7.66. The average molecular weight is 177 g/mol. The van der Waals surface area contributed by atoms with E-state index in [0.717, 1.165) is 11.1 Å². The van der Waals surface area contributed by atoms with Gasteiger partial charge >= 0.3 is 0 Å². The van der Waals surface area contributed by atoms with E-state index in [1.54, 1.807) is 0 Å². The minimum absolute atomic E-state index is 0.192. The average Bonchev–Trinajstić information content (AvgIpc) is 2.09. The number of nitrogens with zero attached hydrogens (tertiary/aromatic N) is 1. The Kier molecular flexibility index (Phi) is 2.83. The summed E-state index contributed by atoms with van der Waals surface area (Å²) in [5, 5.41) is 9.56. The van der Waals surface area contributed by atoms with Gasteiger partial charge in [0, 0.05) is 5.56 Å². The lowest BCUT2D eigenvalue weighted by molar-refractivity contribution is 0.464. The van der Waals surface area contributed by atoms with E-state index in [9.17, 15) is 9.90 Å². The molecule has 0 aliphatic heterocycles. The maximum atomic E-state index is 9.89. The second kappa shape index (κ2) is 3.87. The van der Waals surface area contributed by atoms with Crippen molar-refractivity contribution in [3.63, 3.8) is 0 Å². The third-order valence-electron chi connectivity index (χ3n) is 1.84. The number of rotatable bonds is 2. The zero-order valence-electron chi connectivity index (χ0n) is 7.66. The monoisotopic (exact) mass is 177 g/mol. The molecule has 0 aliphatic carbocycles. The van der Waals surface area contributed by atoms with Gasteiger partial charge in [-0.1, -0.05) is 17.7 Å². The molecule has 0 unspecified atom stereocenters. The molecule has 0 bridgehead atoms. The fourth-order valence-electron chi connectivity index (χ4n) is 1.29. The molecule has 0 fully saturated rings. The lowest BCUT2D eigenvalue weighted by Crippen LogP contribution is -1.87. The van der Waals surface area contributed by atoms with Crippen LogP contribution in [0.3, 0.4) is 0 Å². The van der Waals surface area contributed by atoms with Crippen molar-refractivity contribution < 1.29 is 9.90 Å². The Bertz CT molecular complexity index is 365. The fraction of sp³-hybridized carbons (Fsp3) is 0.300. The van der Waals surface area contributed by atoms with E-state index < -0.39 is 0 Å². The number of aromatic hydroxyl groups is 1. The van der Waals surface area contributed by atoms with E-state index in [4.69, 9.17) is 0 Å². The van der Waals surface area contributed by atoms with E-state index in [0.29, 0.717) is 5.56 Å². The van der Waals surface area contributed by atoms with Crippen molar-refractivity contribution in [1.82, 2.24) is 0 Å². The number of benzene rings is 1. The van der Waals surface area contributed by atoms with Crippen LogP contribution in [0.15, 0.2) is 17.1 Å². The summed E-state index contributed by atoms with van der Waals surface area (Å²) in [5.74, 6) is 0.213. The number of hydrogen-bond donors (Lipinski definition) is 1. The number of phenols is 1. The molecule has 1 rings (SSSR count). The molecule has 1 N–H and O–H groups in total. The normalized spacial score (nSPS) is 9.38. The standard InChI is InChI=1S/C10H11NO2/c1-7-3-8(2)10(13)9(4-7)5-11-6-12/h3-4,13H,5H2,1-2H3. The minimum atomic E-state index is 0.192. The number of isocyanates is 1. The first kappa shape index (κ1) is 9.49. The molecule has 13 heavy (non-hydrogen) atoms. The van der Waals surface area contributed by atoms with Gasteiger partial charge in [-0.15, -0.1) is 0 Å². The largest absolute Gasteiger partial charge is 0.507 e. The summed E-state index contributed by atoms with van der Waals surface area (Å²) in [7, 11) is 0. The number of phenolic OH excluding ortho intramolecular Hbond substituents is 1. The van der Waals surface area contributed by atoms with E-state index in [1.807, 2.05) is 26.0 Å². The van der Waals surface area contributed by atoms with E-state index in [-0.39, 0.29) is 12.3 Å². The van der Waals surface area contributed by atoms with Crippen LogP contribution < -0.4 is 0 Å². The van der Waals surface area contributed by atoms with Crippen LogP contribution in [-0.4, -0.2) is 11.2 Å². The van der Waals surface area contributed by atoms with Crippen molar-refractivity contribution in [2.45, 2.75) is 20.4 Å². The van der Waals surface area contributed by atoms with Gasteiger partial charge in [0.25, 0.3) is 0 Å². The number of carbonyl (C=O) groups excluding carboxylic acids is 1. The topological polar surface area (TPSA) is 49.7 Å². The van der Waals surface area contributed by atoms with Gasteiger partial charge in [-0.05, 0) is 19.4 Å². The Hall–Kier alpha value is -1.60. The summed E-state index contributed by atoms with van der Waals surface area (Å²) in [4.78, 5) is 13.3. The van der Waals surface area contributed by atoms with Crippen LogP contribution in [0, 0.1) is 13.8 Å². The summed E-state index contributed by atoms with van der Waals surface area (Å²) >= 11 is 0. The Morgan fingerprint density at radius 1 is 1.46 bits per heavy atom. The highest BCUT2D eigenvalue weighted by Crippen LogP contribution is 2.23. The van der Waals surface area contributed by atoms with Gasteiger partial charge in [0.05, 0.1) is 6.54 Å². The van der Waals surface area contributed by atoms with Crippen LogP contribution in [0.1, 0.15) is 16.7 Å². The molecule has 1 aromatic carbocycles. The van der Waals surface area contributed by atoms with Gasteiger partial charge in [-0.25, -0.2) is 9.79 Å². The molecule has 0 radical (unpaired) electrons. The van der Waals surface area contributed by atoms with Crippen molar-refractivity contribution in [2.75, 3.05) is 0 Å². The summed E-state index contributed by atoms with van der Waals surface area (Å²) in [6.45, 7) is 3.94. The maximum Gasteiger partial charge on any atom is 0.235 e. The van der Waals surface area contributed by atoms with Crippen LogP contribution in [0.4, 0.5) is 0 Å². The van der Waals surface area contributed by atoms with E-state index in [1.165, 1.54) is 6.08 Å². The molecule has 1 aromatic rings. The summed E-state index contributed by atoms with van der Waals surface area (Å²) < 4.78 is 0. The van der Waals surface area contributed by atoms with Gasteiger partial charge in [-0.3, -0.25) is 0 Å². The van der Waals surface area contributed by atoms with Crippen LogP contribution in [0.2, 0.25) is 0 Å². The highest BCUT2D eigenvalue weighted by Gasteiger charge is 2.04. The second-order valence-corrected chi connectivity index (χ2v) is 3.00. The highest BCUT2D eigenvalue weighted by molar-refractivity contribution is 5.43. The molecule has 3 nitrogen and oxygen atoms in total. The molecule has 0 aromatic heterocycles. The van der Waals surface area contributed by atoms with Crippen LogP contribution in [0.25, 0.3) is 0 Å². The fourth-order valence-corrected chi connectivity index (χ4v) is 1.29. The second-order valence-electron chi connectivity index (χ2n) is 3.00. The molecular weight excluding hydrogens is 166 g/mol. The highest BCUT2D eigenvalue weighted by atomic mass is 16.3. The molecule has 0 saturated carbocycles. The van der Waals surface area contributed by atoms with Crippen molar-refractivity contribution in [2.24, 2.45) is 4.99 Å². The molecule has 0 aliphatic rings. The Labute approximate surface area is 76.7 Å². The van der Waals surface area contributed by atoms with Crippen molar-refractivity contribution in [1.29, 1.82) is 0 Å². The summed E-state index contributed by atoms with van der Waals surface area (Å²) in [6, 6.07) is 3.69. The molecule has 3 heteroatoms. The van der Waals surface area contributed by atoms with Crippen molar-refractivity contribution >= 4 is 6.08 Å². The Balaban J connectivity index is 3.12. The lowest BCUT2D eigenvalue weighted by Gasteiger charge is -2.05. The predicted molar refractivity (Wildman–Crippen MR) is 49.4 cm³/mol. The molecule has 0 amide bonds. The third-order valence-corrected chi connectivity index (χ3v) is 1.84. The first-order chi connectivity index (χ1) is 6.15. The van der Waals surface area contributed by atoms with E-state index >= 15 is 0 Å². The van der Waals surface area contributed by atoms with Crippen molar-refractivity contribution in [3.8, 4) is 5.75 Å². The lowest BCUT2D eigenvalue weighted by atomic mass is 10.1. The van der Waals surface area contributed by atoms with Gasteiger partial charge < -0.3 is 5.11 Å². The molecule has 0 heterocycles. The maximum absolute atomic E-state index is 9.89. The summed E-state index contributed by atoms with van der Waals surface area (Å²) in [6.07, 6.45) is 1.45. The van der Waals surface area contributed by atoms with Crippen molar-refractivity contribution in [3.05, 3.63) is 28.8 Å². The number of aliphatic imine (C=N–C) groups is 1. The SMILES string of the molecule is Cc1cc(C)c(O)c(CN=C=O)c1. The zero-order chi connectivity index (χ0) is 9.84. The predicted octanol–water partition coefficient (Wildman–Crippen LogP) is 1.84. The molecule has 0 atom stereocenters. The third kappa shape index (κ3) is 2.17. The molecular formula is C10H11NO2. The quantitative estimate of drug-likeness (QED) is 0.553. The first-order valence-corrected chi connectivity index (χ1v) is 3.98. The van der Waals surface area contributed by atoms with Gasteiger partial charge in [-0.2, -0.15) is 0 Å². The van der Waals surface area contributed by atoms with Gasteiger partial charge in [0.1, 0.15) is 5.75 Å². The van der Waals surface area contributed by atoms with Crippen LogP contribution in [-0.2, 0) is 11.3 Å². The van der Waals surface area contributed by atoms with Crippen LogP contribution >= 0.6 is 0 Å². The van der Waals surface area contributed by atoms with Gasteiger partial charge in [0.15, 0.2) is 0 Å². The molecule has 0 spiro atoms. The van der Waals surface area contributed by atoms with Gasteiger partial charge in [0.2, 0.25) is 6.08 Å². The number of hydrogen-bond acceptors (Lipinski definition) is 3. The molecule has 68 valence electrons. The number of aryl methyl sites for hydroxylation is 2. The Morgan fingerprint density at radius 2 is 2.15 bits per heavy atom.